The van der Waals surface area contributed by atoms with Gasteiger partial charge in [0.15, 0.2) is 5.92 Å². The number of barbiturate groups is 1. The number of imide groups is 2. The number of halogens is 1. The summed E-state index contributed by atoms with van der Waals surface area (Å²) in [6.07, 6.45) is 1.27. The van der Waals surface area contributed by atoms with Crippen LogP contribution in [0.25, 0.3) is 0 Å². The number of nitrogens with zero attached hydrogens (tertiary/aromatic N) is 2. The Hall–Kier alpha value is -2.55. The summed E-state index contributed by atoms with van der Waals surface area (Å²) in [5.74, 6) is -2.45. The topological polar surface area (TPSA) is 78.8 Å². The Kier molecular flexibility index (Phi) is 4.93. The molecular weight excluding hydrogens is 433 g/mol. The number of carbonyl (C=O) groups excluding carboxylic acids is 3. The van der Waals surface area contributed by atoms with E-state index < -0.39 is 23.8 Å². The molecule has 4 amide bonds. The van der Waals surface area contributed by atoms with E-state index in [1.807, 2.05) is 25.1 Å². The third-order valence-corrected chi connectivity index (χ3v) is 4.35. The van der Waals surface area contributed by atoms with E-state index in [2.05, 4.69) is 32.9 Å². The SMILES string of the molecule is Cc1ccc(N2C(=O)NC(=O)[C@@H](C=Nc3cccc(I)c3)C2=O)cc1. The fraction of sp³-hybridized carbons (Fsp3) is 0.111. The van der Waals surface area contributed by atoms with Crippen molar-refractivity contribution in [3.8, 4) is 0 Å². The van der Waals surface area contributed by atoms with Crippen LogP contribution in [0.15, 0.2) is 53.5 Å². The predicted molar refractivity (Wildman–Crippen MR) is 103 cm³/mol. The number of amides is 4. The van der Waals surface area contributed by atoms with Crippen LogP contribution < -0.4 is 10.2 Å². The number of aliphatic imine (C=N–C) groups is 1. The second-order valence-electron chi connectivity index (χ2n) is 5.54. The summed E-state index contributed by atoms with van der Waals surface area (Å²) in [5.41, 5.74) is 2.04. The Balaban J connectivity index is 1.89. The summed E-state index contributed by atoms with van der Waals surface area (Å²) in [4.78, 5) is 42.0. The van der Waals surface area contributed by atoms with E-state index in [4.69, 9.17) is 0 Å². The number of nitrogens with one attached hydrogen (secondary N) is 1. The Labute approximate surface area is 158 Å². The van der Waals surface area contributed by atoms with E-state index >= 15 is 0 Å². The van der Waals surface area contributed by atoms with Gasteiger partial charge in [-0.05, 0) is 59.8 Å². The number of rotatable bonds is 3. The number of anilines is 1. The number of benzene rings is 2. The fourth-order valence-corrected chi connectivity index (χ4v) is 2.90. The summed E-state index contributed by atoms with van der Waals surface area (Å²) in [7, 11) is 0. The second kappa shape index (κ2) is 7.14. The maximum Gasteiger partial charge on any atom is 0.335 e. The Morgan fingerprint density at radius 2 is 1.84 bits per heavy atom. The van der Waals surface area contributed by atoms with Crippen LogP contribution >= 0.6 is 22.6 Å². The quantitative estimate of drug-likeness (QED) is 0.446. The van der Waals surface area contributed by atoms with Gasteiger partial charge in [-0.3, -0.25) is 19.9 Å². The van der Waals surface area contributed by atoms with Crippen molar-refractivity contribution in [2.45, 2.75) is 6.92 Å². The molecule has 0 unspecified atom stereocenters. The fourth-order valence-electron chi connectivity index (χ4n) is 2.38. The van der Waals surface area contributed by atoms with E-state index in [1.54, 1.807) is 30.3 Å². The van der Waals surface area contributed by atoms with Gasteiger partial charge in [-0.1, -0.05) is 23.8 Å². The monoisotopic (exact) mass is 447 g/mol. The third-order valence-electron chi connectivity index (χ3n) is 3.68. The van der Waals surface area contributed by atoms with Crippen LogP contribution in [0.1, 0.15) is 5.56 Å². The normalized spacial score (nSPS) is 17.9. The van der Waals surface area contributed by atoms with Gasteiger partial charge in [0.05, 0.1) is 11.4 Å². The first-order valence-corrected chi connectivity index (χ1v) is 8.59. The molecule has 1 saturated heterocycles. The van der Waals surface area contributed by atoms with E-state index in [0.717, 1.165) is 14.0 Å². The van der Waals surface area contributed by atoms with Crippen molar-refractivity contribution in [3.63, 3.8) is 0 Å². The van der Waals surface area contributed by atoms with Crippen molar-refractivity contribution in [1.82, 2.24) is 5.32 Å². The number of aryl methyl sites for hydroxylation is 1. The molecule has 1 heterocycles. The average Bonchev–Trinajstić information content (AvgIpc) is 2.56. The van der Waals surface area contributed by atoms with Crippen LogP contribution in [-0.4, -0.2) is 24.1 Å². The van der Waals surface area contributed by atoms with Gasteiger partial charge in [0, 0.05) is 9.78 Å². The molecule has 6 nitrogen and oxygen atoms in total. The lowest BCUT2D eigenvalue weighted by Gasteiger charge is -2.28. The van der Waals surface area contributed by atoms with Crippen LogP contribution in [-0.2, 0) is 9.59 Å². The lowest BCUT2D eigenvalue weighted by molar-refractivity contribution is -0.131. The average molecular weight is 447 g/mol. The summed E-state index contributed by atoms with van der Waals surface area (Å²) < 4.78 is 0.989. The van der Waals surface area contributed by atoms with E-state index in [9.17, 15) is 14.4 Å². The molecule has 1 fully saturated rings. The van der Waals surface area contributed by atoms with E-state index in [-0.39, 0.29) is 0 Å². The van der Waals surface area contributed by atoms with Crippen molar-refractivity contribution in [2.75, 3.05) is 4.90 Å². The van der Waals surface area contributed by atoms with Gasteiger partial charge in [-0.25, -0.2) is 9.69 Å². The first-order valence-electron chi connectivity index (χ1n) is 7.51. The van der Waals surface area contributed by atoms with Gasteiger partial charge in [0.1, 0.15) is 0 Å². The van der Waals surface area contributed by atoms with Gasteiger partial charge in [0.2, 0.25) is 5.91 Å². The molecule has 1 aliphatic rings. The summed E-state index contributed by atoms with van der Waals surface area (Å²) >= 11 is 2.15. The zero-order chi connectivity index (χ0) is 18.0. The molecule has 0 spiro atoms. The molecular formula is C18H14IN3O3. The first-order chi connectivity index (χ1) is 12.0. The molecule has 0 aromatic heterocycles. The summed E-state index contributed by atoms with van der Waals surface area (Å²) in [6.45, 7) is 1.90. The molecule has 3 rings (SSSR count). The van der Waals surface area contributed by atoms with Gasteiger partial charge in [0.25, 0.3) is 5.91 Å². The molecule has 7 heteroatoms. The minimum absolute atomic E-state index is 0.410. The number of hydrogen-bond acceptors (Lipinski definition) is 4. The largest absolute Gasteiger partial charge is 0.335 e. The van der Waals surface area contributed by atoms with Gasteiger partial charge in [-0.2, -0.15) is 0 Å². The first kappa shape index (κ1) is 17.3. The highest BCUT2D eigenvalue weighted by Crippen LogP contribution is 2.21. The molecule has 126 valence electrons. The molecule has 2 aromatic carbocycles. The van der Waals surface area contributed by atoms with Gasteiger partial charge < -0.3 is 0 Å². The molecule has 1 atom stereocenters. The standard InChI is InChI=1S/C18H14IN3O3/c1-11-5-7-14(8-6-11)22-17(24)15(16(23)21-18(22)25)10-20-13-4-2-3-12(19)9-13/h2-10,15H,1H3,(H,21,23,25)/t15-/m1/s1. The van der Waals surface area contributed by atoms with Crippen molar-refractivity contribution >= 4 is 58.0 Å². The molecule has 0 aliphatic carbocycles. The molecule has 1 aliphatic heterocycles. The van der Waals surface area contributed by atoms with Gasteiger partial charge >= 0.3 is 6.03 Å². The molecule has 1 N–H and O–H groups in total. The lowest BCUT2D eigenvalue weighted by Crippen LogP contribution is -2.58. The maximum absolute atomic E-state index is 12.7. The van der Waals surface area contributed by atoms with Crippen LogP contribution in [0.2, 0.25) is 0 Å². The second-order valence-corrected chi connectivity index (χ2v) is 6.78. The highest BCUT2D eigenvalue weighted by molar-refractivity contribution is 14.1. The van der Waals surface area contributed by atoms with Crippen LogP contribution in [0, 0.1) is 16.4 Å². The lowest BCUT2D eigenvalue weighted by atomic mass is 10.1. The molecule has 0 bridgehead atoms. The van der Waals surface area contributed by atoms with Crippen LogP contribution in [0.5, 0.6) is 0 Å². The van der Waals surface area contributed by atoms with E-state index in [0.29, 0.717) is 11.4 Å². The number of hydrogen-bond donors (Lipinski definition) is 1. The van der Waals surface area contributed by atoms with Crippen molar-refractivity contribution in [2.24, 2.45) is 10.9 Å². The highest BCUT2D eigenvalue weighted by atomic mass is 127. The van der Waals surface area contributed by atoms with Crippen LogP contribution in [0.3, 0.4) is 0 Å². The minimum Gasteiger partial charge on any atom is -0.276 e. The number of carbonyl (C=O) groups is 3. The zero-order valence-electron chi connectivity index (χ0n) is 13.3. The van der Waals surface area contributed by atoms with Gasteiger partial charge in [-0.15, -0.1) is 0 Å². The predicted octanol–water partition coefficient (Wildman–Crippen LogP) is 3.20. The van der Waals surface area contributed by atoms with Crippen molar-refractivity contribution < 1.29 is 14.4 Å². The molecule has 0 saturated carbocycles. The molecule has 0 radical (unpaired) electrons. The molecule has 25 heavy (non-hydrogen) atoms. The third kappa shape index (κ3) is 3.76. The smallest absolute Gasteiger partial charge is 0.276 e. The number of urea groups is 1. The van der Waals surface area contributed by atoms with Crippen molar-refractivity contribution in [1.29, 1.82) is 0 Å². The Bertz CT molecular complexity index is 877. The Morgan fingerprint density at radius 3 is 2.52 bits per heavy atom. The summed E-state index contributed by atoms with van der Waals surface area (Å²) in [6, 6.07) is 13.5. The van der Waals surface area contributed by atoms with Crippen molar-refractivity contribution in [3.05, 3.63) is 57.7 Å². The Morgan fingerprint density at radius 1 is 1.12 bits per heavy atom. The zero-order valence-corrected chi connectivity index (χ0v) is 15.4. The van der Waals surface area contributed by atoms with Crippen LogP contribution in [0.4, 0.5) is 16.2 Å². The maximum atomic E-state index is 12.7. The van der Waals surface area contributed by atoms with E-state index in [1.165, 1.54) is 6.21 Å². The minimum atomic E-state index is -1.16. The summed E-state index contributed by atoms with van der Waals surface area (Å²) in [5, 5.41) is 2.21. The highest BCUT2D eigenvalue weighted by Gasteiger charge is 2.40. The molecule has 2 aromatic rings.